The number of aromatic nitrogens is 1. The number of hydrogen-bond acceptors (Lipinski definition) is 4. The third kappa shape index (κ3) is 4.15. The van der Waals surface area contributed by atoms with Crippen molar-refractivity contribution in [2.45, 2.75) is 46.6 Å². The normalized spacial score (nSPS) is 12.2. The highest BCUT2D eigenvalue weighted by molar-refractivity contribution is 6.33. The number of halogens is 1. The molecule has 6 heteroatoms. The van der Waals surface area contributed by atoms with E-state index in [2.05, 4.69) is 0 Å². The molecule has 0 amide bonds. The highest BCUT2D eigenvalue weighted by Gasteiger charge is 2.23. The second-order valence-electron chi connectivity index (χ2n) is 7.28. The second-order valence-corrected chi connectivity index (χ2v) is 7.68. The molecule has 0 aliphatic rings. The predicted octanol–water partition coefficient (Wildman–Crippen LogP) is 5.19. The highest BCUT2D eigenvalue weighted by atomic mass is 35.5. The first kappa shape index (κ1) is 20.9. The van der Waals surface area contributed by atoms with E-state index in [9.17, 15) is 14.7 Å². The Bertz CT molecular complexity index is 1080. The van der Waals surface area contributed by atoms with E-state index >= 15 is 0 Å². The summed E-state index contributed by atoms with van der Waals surface area (Å²) in [6, 6.07) is 10.3. The van der Waals surface area contributed by atoms with Gasteiger partial charge in [0.1, 0.15) is 5.75 Å². The van der Waals surface area contributed by atoms with Crippen molar-refractivity contribution < 1.29 is 19.4 Å². The molecule has 1 aromatic heterocycles. The lowest BCUT2D eigenvalue weighted by atomic mass is 10.1. The van der Waals surface area contributed by atoms with Crippen LogP contribution in [0.4, 0.5) is 0 Å². The number of ether oxygens (including phenoxy) is 1. The van der Waals surface area contributed by atoms with Crippen molar-refractivity contribution in [2.24, 2.45) is 0 Å². The van der Waals surface area contributed by atoms with E-state index in [0.29, 0.717) is 27.7 Å². The summed E-state index contributed by atoms with van der Waals surface area (Å²) in [5.41, 5.74) is 3.38. The van der Waals surface area contributed by atoms with Gasteiger partial charge in [-0.3, -0.25) is 14.2 Å². The molecular formula is C23H24ClNO4. The van der Waals surface area contributed by atoms with Crippen LogP contribution in [0.5, 0.6) is 5.75 Å². The van der Waals surface area contributed by atoms with Crippen LogP contribution in [0, 0.1) is 13.8 Å². The number of benzene rings is 2. The molecule has 152 valence electrons. The van der Waals surface area contributed by atoms with Crippen LogP contribution in [-0.4, -0.2) is 27.7 Å². The van der Waals surface area contributed by atoms with Crippen molar-refractivity contribution in [3.63, 3.8) is 0 Å². The van der Waals surface area contributed by atoms with Crippen LogP contribution in [-0.2, 0) is 16.0 Å². The molecule has 1 N–H and O–H groups in total. The number of aromatic hydroxyl groups is 1. The van der Waals surface area contributed by atoms with E-state index in [1.165, 1.54) is 10.6 Å². The molecule has 0 spiro atoms. The first-order chi connectivity index (χ1) is 13.7. The third-order valence-corrected chi connectivity index (χ3v) is 5.44. The number of esters is 1. The average molecular weight is 414 g/mol. The van der Waals surface area contributed by atoms with Gasteiger partial charge >= 0.3 is 5.97 Å². The molecule has 3 rings (SSSR count). The van der Waals surface area contributed by atoms with Gasteiger partial charge in [-0.05, 0) is 57.0 Å². The minimum absolute atomic E-state index is 0.00191. The molecule has 0 aliphatic carbocycles. The number of aryl methyl sites for hydroxylation is 1. The fraction of sp³-hybridized carbons (Fsp3) is 0.304. The average Bonchev–Trinajstić information content (AvgIpc) is 2.93. The molecule has 1 unspecified atom stereocenters. The minimum atomic E-state index is -0.376. The Hall–Kier alpha value is -2.79. The summed E-state index contributed by atoms with van der Waals surface area (Å²) in [5.74, 6) is -0.704. The molecule has 0 saturated heterocycles. The summed E-state index contributed by atoms with van der Waals surface area (Å²) in [6.45, 7) is 7.51. The number of phenols is 1. The number of fused-ring (bicyclic) bond motifs is 1. The maximum Gasteiger partial charge on any atom is 0.310 e. The van der Waals surface area contributed by atoms with Crippen LogP contribution in [0.3, 0.4) is 0 Å². The van der Waals surface area contributed by atoms with Gasteiger partial charge in [-0.15, -0.1) is 0 Å². The Labute approximate surface area is 174 Å². The zero-order valence-corrected chi connectivity index (χ0v) is 17.7. The van der Waals surface area contributed by atoms with Crippen LogP contribution in [0.1, 0.15) is 47.4 Å². The molecule has 1 heterocycles. The van der Waals surface area contributed by atoms with Gasteiger partial charge in [-0.1, -0.05) is 36.2 Å². The largest absolute Gasteiger partial charge is 0.506 e. The first-order valence-corrected chi connectivity index (χ1v) is 9.94. The van der Waals surface area contributed by atoms with Crippen molar-refractivity contribution in [3.8, 4) is 5.75 Å². The van der Waals surface area contributed by atoms with Crippen molar-refractivity contribution >= 4 is 34.4 Å². The maximum atomic E-state index is 13.3. The molecule has 29 heavy (non-hydrogen) atoms. The monoisotopic (exact) mass is 413 g/mol. The Morgan fingerprint density at radius 1 is 1.17 bits per heavy atom. The lowest BCUT2D eigenvalue weighted by Crippen LogP contribution is -2.17. The molecule has 2 aromatic carbocycles. The highest BCUT2D eigenvalue weighted by Crippen LogP contribution is 2.35. The summed E-state index contributed by atoms with van der Waals surface area (Å²) in [5, 5.41) is 10.8. The lowest BCUT2D eigenvalue weighted by molar-refractivity contribution is -0.147. The fourth-order valence-corrected chi connectivity index (χ4v) is 3.45. The van der Waals surface area contributed by atoms with Gasteiger partial charge in [0, 0.05) is 16.6 Å². The fourth-order valence-electron chi connectivity index (χ4n) is 3.29. The summed E-state index contributed by atoms with van der Waals surface area (Å²) in [7, 11) is 0. The van der Waals surface area contributed by atoms with E-state index in [0.717, 1.165) is 12.0 Å². The quantitative estimate of drug-likeness (QED) is 0.584. The molecule has 0 aliphatic heterocycles. The van der Waals surface area contributed by atoms with Gasteiger partial charge in [0.25, 0.3) is 5.91 Å². The topological polar surface area (TPSA) is 68.5 Å². The number of hydrogen-bond donors (Lipinski definition) is 1. The van der Waals surface area contributed by atoms with Crippen LogP contribution >= 0.6 is 11.6 Å². The summed E-state index contributed by atoms with van der Waals surface area (Å²) < 4.78 is 6.95. The summed E-state index contributed by atoms with van der Waals surface area (Å²) >= 11 is 6.12. The van der Waals surface area contributed by atoms with Crippen molar-refractivity contribution in [2.75, 3.05) is 0 Å². The number of carbonyl (C=O) groups excluding carboxylic acids is 2. The number of nitrogens with zero attached hydrogens (tertiary/aromatic N) is 1. The third-order valence-electron chi connectivity index (χ3n) is 5.13. The predicted molar refractivity (Wildman–Crippen MR) is 114 cm³/mol. The second kappa shape index (κ2) is 8.29. The Balaban J connectivity index is 2.13. The molecule has 0 fully saturated rings. The van der Waals surface area contributed by atoms with Crippen LogP contribution in [0.2, 0.25) is 5.02 Å². The Kier molecular flexibility index (Phi) is 5.99. The zero-order chi connectivity index (χ0) is 21.3. The zero-order valence-electron chi connectivity index (χ0n) is 17.0. The van der Waals surface area contributed by atoms with Gasteiger partial charge < -0.3 is 9.84 Å². The van der Waals surface area contributed by atoms with Gasteiger partial charge in [0.05, 0.1) is 23.1 Å². The Morgan fingerprint density at radius 2 is 1.83 bits per heavy atom. The van der Waals surface area contributed by atoms with Crippen molar-refractivity contribution in [1.82, 2.24) is 4.57 Å². The number of rotatable bonds is 5. The lowest BCUT2D eigenvalue weighted by Gasteiger charge is -2.11. The van der Waals surface area contributed by atoms with E-state index in [1.807, 2.05) is 32.9 Å². The molecule has 0 saturated carbocycles. The molecule has 0 radical (unpaired) electrons. The van der Waals surface area contributed by atoms with Gasteiger partial charge in [0.15, 0.2) is 0 Å². The first-order valence-electron chi connectivity index (χ1n) is 9.56. The SMILES string of the molecule is CCC(C)OC(=O)Cc1c(C)n(C(=O)c2ccc(C)cc2)c2cc(Cl)c(O)cc12. The van der Waals surface area contributed by atoms with Gasteiger partial charge in [0.2, 0.25) is 0 Å². The molecule has 1 atom stereocenters. The van der Waals surface area contributed by atoms with Crippen LogP contribution < -0.4 is 0 Å². The van der Waals surface area contributed by atoms with Gasteiger partial charge in [-0.25, -0.2) is 0 Å². The summed E-state index contributed by atoms with van der Waals surface area (Å²) in [6.07, 6.45) is 0.532. The molecule has 0 bridgehead atoms. The van der Waals surface area contributed by atoms with E-state index in [-0.39, 0.29) is 35.2 Å². The van der Waals surface area contributed by atoms with Crippen molar-refractivity contribution in [1.29, 1.82) is 0 Å². The number of carbonyl (C=O) groups is 2. The molecule has 5 nitrogen and oxygen atoms in total. The van der Waals surface area contributed by atoms with Crippen LogP contribution in [0.15, 0.2) is 36.4 Å². The molecular weight excluding hydrogens is 390 g/mol. The van der Waals surface area contributed by atoms with E-state index in [1.54, 1.807) is 25.1 Å². The number of phenolic OH excluding ortho intramolecular Hbond substituents is 1. The van der Waals surface area contributed by atoms with E-state index < -0.39 is 0 Å². The summed E-state index contributed by atoms with van der Waals surface area (Å²) in [4.78, 5) is 25.7. The van der Waals surface area contributed by atoms with Crippen molar-refractivity contribution in [3.05, 3.63) is 63.8 Å². The smallest absolute Gasteiger partial charge is 0.310 e. The van der Waals surface area contributed by atoms with E-state index in [4.69, 9.17) is 16.3 Å². The Morgan fingerprint density at radius 3 is 2.45 bits per heavy atom. The van der Waals surface area contributed by atoms with Gasteiger partial charge in [-0.2, -0.15) is 0 Å². The minimum Gasteiger partial charge on any atom is -0.506 e. The maximum absolute atomic E-state index is 13.3. The standard InChI is InChI=1S/C23H24ClNO4/c1-5-14(3)29-22(27)11-17-15(4)25(20-12-19(24)21(26)10-18(17)20)23(28)16-8-6-13(2)7-9-16/h6-10,12,14,26H,5,11H2,1-4H3. The van der Waals surface area contributed by atoms with Crippen LogP contribution in [0.25, 0.3) is 10.9 Å². The molecule has 3 aromatic rings.